The molecule has 1 N–H and O–H groups in total. The van der Waals surface area contributed by atoms with Gasteiger partial charge in [0.2, 0.25) is 12.0 Å². The molecule has 1 fully saturated rings. The van der Waals surface area contributed by atoms with Crippen LogP contribution in [0.15, 0.2) is 85.3 Å². The number of carboxylic acids is 1. The van der Waals surface area contributed by atoms with Crippen LogP contribution in [0, 0.1) is 19.7 Å². The Balaban J connectivity index is 1.15. The molecule has 3 aliphatic rings. The summed E-state index contributed by atoms with van der Waals surface area (Å²) in [5.74, 6) is 0.748. The van der Waals surface area contributed by atoms with Crippen molar-refractivity contribution in [1.82, 2.24) is 29.7 Å². The predicted octanol–water partition coefficient (Wildman–Crippen LogP) is 9.52. The van der Waals surface area contributed by atoms with Gasteiger partial charge < -0.3 is 33.7 Å². The molecule has 0 unspecified atom stereocenters. The van der Waals surface area contributed by atoms with Crippen LogP contribution in [0.5, 0.6) is 28.9 Å². The summed E-state index contributed by atoms with van der Waals surface area (Å²) >= 11 is 16.1. The molecule has 6 heterocycles. The first-order valence-corrected chi connectivity index (χ1v) is 23.3. The van der Waals surface area contributed by atoms with Gasteiger partial charge in [-0.2, -0.15) is 0 Å². The molecule has 4 bridgehead atoms. The number of fused-ring (bicyclic) bond motifs is 7. The average molecular weight is 966 g/mol. The summed E-state index contributed by atoms with van der Waals surface area (Å²) in [6.07, 6.45) is 1.26. The van der Waals surface area contributed by atoms with E-state index in [2.05, 4.69) is 31.8 Å². The number of ether oxygens (including phenoxy) is 5. The van der Waals surface area contributed by atoms with Crippen LogP contribution in [0.2, 0.25) is 10.0 Å². The number of piperazine rings is 1. The van der Waals surface area contributed by atoms with Crippen molar-refractivity contribution < 1.29 is 38.0 Å². The lowest BCUT2D eigenvalue weighted by Gasteiger charge is -2.35. The van der Waals surface area contributed by atoms with Gasteiger partial charge in [-0.25, -0.2) is 29.1 Å². The number of aliphatic carboxylic acids is 1. The van der Waals surface area contributed by atoms with Crippen LogP contribution in [0.1, 0.15) is 32.8 Å². The minimum Gasteiger partial charge on any atom is -0.496 e. The van der Waals surface area contributed by atoms with E-state index in [0.29, 0.717) is 95.6 Å². The second-order valence-corrected chi connectivity index (χ2v) is 18.4. The van der Waals surface area contributed by atoms with Gasteiger partial charge in [-0.1, -0.05) is 47.5 Å². The molecule has 67 heavy (non-hydrogen) atoms. The maximum atomic E-state index is 14.1. The van der Waals surface area contributed by atoms with Crippen molar-refractivity contribution in [3.63, 3.8) is 0 Å². The van der Waals surface area contributed by atoms with Crippen LogP contribution in [-0.2, 0) is 24.2 Å². The molecule has 13 nitrogen and oxygen atoms in total. The number of carbonyl (C=O) groups is 1. The molecule has 7 aromatic rings. The number of aromatic nitrogens is 4. The van der Waals surface area contributed by atoms with Gasteiger partial charge in [0.1, 0.15) is 53.5 Å². The zero-order valence-corrected chi connectivity index (χ0v) is 39.6. The first-order valence-electron chi connectivity index (χ1n) is 21.7. The first-order chi connectivity index (χ1) is 32.4. The number of nitrogens with zero attached hydrogens (tertiary/aromatic N) is 6. The number of para-hydroxylation sites is 1. The Morgan fingerprint density at radius 2 is 1.69 bits per heavy atom. The fourth-order valence-corrected chi connectivity index (χ4v) is 10.2. The van der Waals surface area contributed by atoms with Crippen molar-refractivity contribution in [1.29, 1.82) is 0 Å². The Labute approximate surface area is 401 Å². The Hall–Kier alpha value is -6.10. The van der Waals surface area contributed by atoms with Gasteiger partial charge in [-0.05, 0) is 91.7 Å². The number of thiophene rings is 1. The van der Waals surface area contributed by atoms with E-state index in [0.717, 1.165) is 42.2 Å². The van der Waals surface area contributed by atoms with Crippen molar-refractivity contribution in [3.8, 4) is 51.4 Å². The summed E-state index contributed by atoms with van der Waals surface area (Å²) < 4.78 is 46.0. The summed E-state index contributed by atoms with van der Waals surface area (Å²) in [6.45, 7) is 7.94. The normalized spacial score (nSPS) is 16.8. The number of benzene rings is 4. The Bertz CT molecular complexity index is 2920. The highest BCUT2D eigenvalue weighted by molar-refractivity contribution is 7.19. The highest BCUT2D eigenvalue weighted by Crippen LogP contribution is 2.51. The predicted molar refractivity (Wildman–Crippen MR) is 256 cm³/mol. The van der Waals surface area contributed by atoms with Gasteiger partial charge >= 0.3 is 5.97 Å². The highest BCUT2D eigenvalue weighted by Gasteiger charge is 2.32. The third-order valence-corrected chi connectivity index (χ3v) is 14.1. The number of likely N-dealkylation sites (N-methyl/N-ethyl adjacent to an activating group) is 1. The van der Waals surface area contributed by atoms with Crippen LogP contribution >= 0.6 is 34.5 Å². The van der Waals surface area contributed by atoms with E-state index in [4.69, 9.17) is 51.9 Å². The molecule has 2 atom stereocenters. The van der Waals surface area contributed by atoms with E-state index < -0.39 is 18.2 Å². The molecule has 0 spiro atoms. The highest BCUT2D eigenvalue weighted by atomic mass is 35.5. The zero-order chi connectivity index (χ0) is 46.8. The maximum absolute atomic E-state index is 14.1. The van der Waals surface area contributed by atoms with Crippen molar-refractivity contribution in [3.05, 3.63) is 134 Å². The molecule has 0 aliphatic carbocycles. The van der Waals surface area contributed by atoms with Crippen LogP contribution in [-0.4, -0.2) is 107 Å². The molecule has 4 aromatic carbocycles. The standard InChI is InChI=1S/C50H47Cl2FN6O7S/c1-28-41-29(2)45(52)46(44(28)51)65-35(24-59-19-17-58(3)18-20-59)26-63-34-13-14-37(64-25-33-15-16-54-47(57-33)36-7-5-6-8-38(36)62-4)31(22-34)23-39(50(60)61)66-48-43-42(41)40(67-49(43)56-27-55-48)21-30-9-11-32(53)12-10-30/h5-16,22,27,35,39H,17-21,23-26H2,1-4H3,(H,60,61)/t35-,39-/m1/s1. The Morgan fingerprint density at radius 3 is 2.43 bits per heavy atom. The minimum absolute atomic E-state index is 0.0382. The van der Waals surface area contributed by atoms with Crippen LogP contribution in [0.25, 0.3) is 32.7 Å². The second-order valence-electron chi connectivity index (χ2n) is 16.6. The summed E-state index contributed by atoms with van der Waals surface area (Å²) in [5, 5.41) is 12.0. The number of rotatable bonds is 10. The summed E-state index contributed by atoms with van der Waals surface area (Å²) in [7, 11) is 3.70. The van der Waals surface area contributed by atoms with Gasteiger partial charge in [-0.3, -0.25) is 4.90 Å². The average Bonchev–Trinajstić information content (AvgIpc) is 3.70. The molecular weight excluding hydrogens is 919 g/mol. The van der Waals surface area contributed by atoms with E-state index in [1.807, 2.05) is 38.1 Å². The van der Waals surface area contributed by atoms with Gasteiger partial charge in [-0.15, -0.1) is 11.3 Å². The molecule has 0 saturated carbocycles. The topological polar surface area (TPSA) is 141 Å². The van der Waals surface area contributed by atoms with E-state index in [1.54, 1.807) is 49.7 Å². The molecule has 346 valence electrons. The summed E-state index contributed by atoms with van der Waals surface area (Å²) in [4.78, 5) is 37.8. The summed E-state index contributed by atoms with van der Waals surface area (Å²) in [5.41, 5.74) is 5.40. The maximum Gasteiger partial charge on any atom is 0.345 e. The number of methoxy groups -OCH3 is 1. The third-order valence-electron chi connectivity index (χ3n) is 12.0. The van der Waals surface area contributed by atoms with Crippen LogP contribution < -0.4 is 23.7 Å². The van der Waals surface area contributed by atoms with Crippen LogP contribution in [0.4, 0.5) is 4.39 Å². The second kappa shape index (κ2) is 20.0. The fraction of sp³-hybridized carbons (Fsp3) is 0.300. The van der Waals surface area contributed by atoms with Crippen molar-refractivity contribution in [2.75, 3.05) is 53.5 Å². The molecule has 0 radical (unpaired) electrons. The SMILES string of the molecule is COc1ccccc1-c1nccc(COc2ccc3cc2C[C@H](C(=O)O)Oc2ncnc4sc(Cc5ccc(F)cc5)c(c24)-c2c(C)c(Cl)c(c(Cl)c2C)O[C@H](CN2CCN(C)CC2)CO3)n1. The van der Waals surface area contributed by atoms with Crippen molar-refractivity contribution in [2.24, 2.45) is 0 Å². The van der Waals surface area contributed by atoms with Gasteiger partial charge in [0, 0.05) is 67.8 Å². The van der Waals surface area contributed by atoms with Gasteiger partial charge in [0.15, 0.2) is 11.6 Å². The lowest BCUT2D eigenvalue weighted by molar-refractivity contribution is -0.145. The number of hydrogen-bond donors (Lipinski definition) is 1. The monoisotopic (exact) mass is 964 g/mol. The van der Waals surface area contributed by atoms with E-state index in [-0.39, 0.29) is 31.3 Å². The summed E-state index contributed by atoms with van der Waals surface area (Å²) in [6, 6.07) is 20.8. The Kier molecular flexibility index (Phi) is 13.7. The molecule has 1 saturated heterocycles. The molecule has 17 heteroatoms. The van der Waals surface area contributed by atoms with Crippen molar-refractivity contribution in [2.45, 2.75) is 45.5 Å². The number of halogens is 3. The molecule has 3 aromatic heterocycles. The number of carboxylic acid groups (broad SMARTS) is 1. The van der Waals surface area contributed by atoms with E-state index in [9.17, 15) is 14.3 Å². The molecule has 3 aliphatic heterocycles. The third kappa shape index (κ3) is 9.97. The molecule has 0 amide bonds. The lowest BCUT2D eigenvalue weighted by Crippen LogP contribution is -2.49. The van der Waals surface area contributed by atoms with Gasteiger partial charge in [0.05, 0.1) is 33.8 Å². The van der Waals surface area contributed by atoms with E-state index >= 15 is 0 Å². The van der Waals surface area contributed by atoms with Crippen LogP contribution in [0.3, 0.4) is 0 Å². The van der Waals surface area contributed by atoms with E-state index in [1.165, 1.54) is 29.8 Å². The largest absolute Gasteiger partial charge is 0.496 e. The zero-order valence-electron chi connectivity index (χ0n) is 37.2. The molecule has 10 rings (SSSR count). The van der Waals surface area contributed by atoms with Crippen molar-refractivity contribution >= 4 is 50.7 Å². The first kappa shape index (κ1) is 46.0. The Morgan fingerprint density at radius 1 is 0.925 bits per heavy atom. The smallest absolute Gasteiger partial charge is 0.345 e. The van der Waals surface area contributed by atoms with Gasteiger partial charge in [0.25, 0.3) is 0 Å². The fourth-order valence-electron chi connectivity index (χ4n) is 8.48. The quantitative estimate of drug-likeness (QED) is 0.139. The number of hydrogen-bond acceptors (Lipinski definition) is 13. The molecular formula is C50H47Cl2FN6O7S. The lowest BCUT2D eigenvalue weighted by atomic mass is 9.92. The minimum atomic E-state index is -1.46.